The Morgan fingerprint density at radius 3 is 3.33 bits per heavy atom. The monoisotopic (exact) mass is 285 g/mol. The van der Waals surface area contributed by atoms with Crippen LogP contribution in [0.4, 0.5) is 11.5 Å². The lowest BCUT2D eigenvalue weighted by molar-refractivity contribution is 0.0940. The Kier molecular flexibility index (Phi) is 3.00. The van der Waals surface area contributed by atoms with Crippen molar-refractivity contribution in [2.45, 2.75) is 25.5 Å². The molecule has 0 radical (unpaired) electrons. The average molecular weight is 285 g/mol. The molecule has 1 aliphatic heterocycles. The number of ether oxygens (including phenoxy) is 1. The van der Waals surface area contributed by atoms with Gasteiger partial charge in [0.05, 0.1) is 24.5 Å². The van der Waals surface area contributed by atoms with Gasteiger partial charge in [-0.05, 0) is 12.8 Å². The molecule has 4 rings (SSSR count). The first kappa shape index (κ1) is 12.3. The van der Waals surface area contributed by atoms with Crippen LogP contribution >= 0.6 is 0 Å². The van der Waals surface area contributed by atoms with Crippen LogP contribution in [0.3, 0.4) is 0 Å². The molecule has 1 atom stereocenters. The van der Waals surface area contributed by atoms with Gasteiger partial charge in [-0.15, -0.1) is 10.2 Å². The van der Waals surface area contributed by atoms with Gasteiger partial charge in [-0.25, -0.2) is 4.98 Å². The molecule has 8 heteroatoms. The van der Waals surface area contributed by atoms with Gasteiger partial charge in [-0.1, -0.05) is 0 Å². The molecule has 0 aromatic carbocycles. The predicted molar refractivity (Wildman–Crippen MR) is 75.3 cm³/mol. The van der Waals surface area contributed by atoms with Crippen LogP contribution in [-0.2, 0) is 11.3 Å². The molecule has 1 saturated heterocycles. The zero-order valence-corrected chi connectivity index (χ0v) is 11.4. The Labute approximate surface area is 120 Å². The molecular formula is C13H15N7O. The molecule has 3 aromatic rings. The van der Waals surface area contributed by atoms with E-state index in [9.17, 15) is 0 Å². The van der Waals surface area contributed by atoms with Gasteiger partial charge in [0.15, 0.2) is 5.82 Å². The lowest BCUT2D eigenvalue weighted by Crippen LogP contribution is -2.15. The second-order valence-corrected chi connectivity index (χ2v) is 5.05. The molecule has 1 N–H and O–H groups in total. The van der Waals surface area contributed by atoms with Gasteiger partial charge in [0.1, 0.15) is 6.33 Å². The van der Waals surface area contributed by atoms with Crippen LogP contribution in [0.25, 0.3) is 5.65 Å². The second-order valence-electron chi connectivity index (χ2n) is 5.05. The summed E-state index contributed by atoms with van der Waals surface area (Å²) in [6.07, 6.45) is 11.4. The SMILES string of the molecule is c1cn2cnnc2c(Nc2cnn(CC3CCCO3)c2)n1. The van der Waals surface area contributed by atoms with Gasteiger partial charge >= 0.3 is 0 Å². The van der Waals surface area contributed by atoms with Crippen molar-refractivity contribution in [3.05, 3.63) is 31.1 Å². The lowest BCUT2D eigenvalue weighted by Gasteiger charge is -2.08. The maximum atomic E-state index is 5.62. The summed E-state index contributed by atoms with van der Waals surface area (Å²) in [6.45, 7) is 1.64. The van der Waals surface area contributed by atoms with Gasteiger partial charge in [0, 0.05) is 25.2 Å². The molecule has 0 saturated carbocycles. The van der Waals surface area contributed by atoms with E-state index in [1.807, 2.05) is 15.3 Å². The van der Waals surface area contributed by atoms with E-state index in [-0.39, 0.29) is 6.10 Å². The van der Waals surface area contributed by atoms with Gasteiger partial charge in [0.2, 0.25) is 5.65 Å². The Bertz CT molecular complexity index is 744. The van der Waals surface area contributed by atoms with Crippen molar-refractivity contribution in [2.24, 2.45) is 0 Å². The zero-order valence-electron chi connectivity index (χ0n) is 11.4. The van der Waals surface area contributed by atoms with Crippen LogP contribution in [0.1, 0.15) is 12.8 Å². The largest absolute Gasteiger partial charge is 0.376 e. The first-order valence-corrected chi connectivity index (χ1v) is 6.94. The van der Waals surface area contributed by atoms with Crippen molar-refractivity contribution >= 4 is 17.2 Å². The van der Waals surface area contributed by atoms with Crippen LogP contribution in [0.2, 0.25) is 0 Å². The van der Waals surface area contributed by atoms with E-state index < -0.39 is 0 Å². The molecule has 3 aromatic heterocycles. The summed E-state index contributed by atoms with van der Waals surface area (Å²) < 4.78 is 9.32. The molecule has 108 valence electrons. The predicted octanol–water partition coefficient (Wildman–Crippen LogP) is 1.24. The third-order valence-corrected chi connectivity index (χ3v) is 3.53. The van der Waals surface area contributed by atoms with Crippen molar-refractivity contribution in [1.82, 2.24) is 29.4 Å². The maximum absolute atomic E-state index is 5.62. The summed E-state index contributed by atoms with van der Waals surface area (Å²) >= 11 is 0. The van der Waals surface area contributed by atoms with Crippen molar-refractivity contribution in [3.8, 4) is 0 Å². The van der Waals surface area contributed by atoms with E-state index in [0.717, 1.165) is 31.7 Å². The summed E-state index contributed by atoms with van der Waals surface area (Å²) in [4.78, 5) is 4.29. The number of anilines is 2. The molecule has 4 heterocycles. The van der Waals surface area contributed by atoms with Crippen molar-refractivity contribution < 1.29 is 4.74 Å². The maximum Gasteiger partial charge on any atom is 0.203 e. The highest BCUT2D eigenvalue weighted by Gasteiger charge is 2.16. The van der Waals surface area contributed by atoms with Gasteiger partial charge < -0.3 is 10.1 Å². The molecule has 0 bridgehead atoms. The van der Waals surface area contributed by atoms with Crippen LogP contribution in [0.5, 0.6) is 0 Å². The fraction of sp³-hybridized carbons (Fsp3) is 0.385. The molecule has 0 amide bonds. The Hall–Kier alpha value is -2.48. The Morgan fingerprint density at radius 2 is 2.43 bits per heavy atom. The Morgan fingerprint density at radius 1 is 1.43 bits per heavy atom. The third-order valence-electron chi connectivity index (χ3n) is 3.53. The molecule has 0 aliphatic carbocycles. The number of aromatic nitrogens is 6. The van der Waals surface area contributed by atoms with Crippen molar-refractivity contribution in [1.29, 1.82) is 0 Å². The van der Waals surface area contributed by atoms with Crippen LogP contribution in [-0.4, -0.2) is 42.1 Å². The van der Waals surface area contributed by atoms with E-state index in [4.69, 9.17) is 4.74 Å². The molecule has 8 nitrogen and oxygen atoms in total. The highest BCUT2D eigenvalue weighted by Crippen LogP contribution is 2.18. The minimum absolute atomic E-state index is 0.274. The highest BCUT2D eigenvalue weighted by molar-refractivity contribution is 5.68. The topological polar surface area (TPSA) is 82.2 Å². The fourth-order valence-electron chi connectivity index (χ4n) is 2.51. The summed E-state index contributed by atoms with van der Waals surface area (Å²) in [5, 5.41) is 15.5. The van der Waals surface area contributed by atoms with Crippen molar-refractivity contribution in [3.63, 3.8) is 0 Å². The highest BCUT2D eigenvalue weighted by atomic mass is 16.5. The lowest BCUT2D eigenvalue weighted by atomic mass is 10.2. The smallest absolute Gasteiger partial charge is 0.203 e. The summed E-state index contributed by atoms with van der Waals surface area (Å²) in [7, 11) is 0. The van der Waals surface area contributed by atoms with Crippen molar-refractivity contribution in [2.75, 3.05) is 11.9 Å². The van der Waals surface area contributed by atoms with Gasteiger partial charge in [-0.2, -0.15) is 5.10 Å². The number of rotatable bonds is 4. The molecule has 1 fully saturated rings. The van der Waals surface area contributed by atoms with Gasteiger partial charge in [0.25, 0.3) is 0 Å². The van der Waals surface area contributed by atoms with E-state index in [1.54, 1.807) is 24.9 Å². The molecule has 1 unspecified atom stereocenters. The minimum atomic E-state index is 0.274. The van der Waals surface area contributed by atoms with E-state index >= 15 is 0 Å². The summed E-state index contributed by atoms with van der Waals surface area (Å²) in [5.41, 5.74) is 1.56. The van der Waals surface area contributed by atoms with Crippen LogP contribution in [0, 0.1) is 0 Å². The number of hydrogen-bond donors (Lipinski definition) is 1. The molecule has 1 aliphatic rings. The first-order valence-electron chi connectivity index (χ1n) is 6.94. The minimum Gasteiger partial charge on any atom is -0.376 e. The average Bonchev–Trinajstić information content (AvgIpc) is 3.21. The molecule has 21 heavy (non-hydrogen) atoms. The fourth-order valence-corrected chi connectivity index (χ4v) is 2.51. The summed E-state index contributed by atoms with van der Waals surface area (Å²) in [5.74, 6) is 0.659. The second kappa shape index (κ2) is 5.13. The number of nitrogens with zero attached hydrogens (tertiary/aromatic N) is 6. The standard InChI is InChI=1S/C13H15N7O/c1-2-11(21-5-1)8-20-7-10(6-16-20)17-12-13-18-15-9-19(13)4-3-14-12/h3-4,6-7,9,11H,1-2,5,8H2,(H,14,17). The zero-order chi connectivity index (χ0) is 14.1. The number of hydrogen-bond acceptors (Lipinski definition) is 6. The molecular weight excluding hydrogens is 270 g/mol. The Balaban J connectivity index is 1.52. The van der Waals surface area contributed by atoms with Crippen LogP contribution in [0.15, 0.2) is 31.1 Å². The summed E-state index contributed by atoms with van der Waals surface area (Å²) in [6, 6.07) is 0. The van der Waals surface area contributed by atoms with Gasteiger partial charge in [-0.3, -0.25) is 9.08 Å². The molecule has 0 spiro atoms. The third kappa shape index (κ3) is 2.45. The number of fused-ring (bicyclic) bond motifs is 1. The number of nitrogens with one attached hydrogen (secondary N) is 1. The van der Waals surface area contributed by atoms with Crippen LogP contribution < -0.4 is 5.32 Å². The quantitative estimate of drug-likeness (QED) is 0.776. The first-order chi connectivity index (χ1) is 10.4. The van der Waals surface area contributed by atoms with E-state index in [2.05, 4.69) is 25.6 Å². The van der Waals surface area contributed by atoms with E-state index in [0.29, 0.717) is 11.5 Å². The normalized spacial score (nSPS) is 18.4. The van der Waals surface area contributed by atoms with E-state index in [1.165, 1.54) is 0 Å².